The summed E-state index contributed by atoms with van der Waals surface area (Å²) in [4.78, 5) is 2.59. The fraction of sp³-hybridized carbons (Fsp3) is 0.571. The van der Waals surface area contributed by atoms with Crippen molar-refractivity contribution in [1.29, 1.82) is 0 Å². The summed E-state index contributed by atoms with van der Waals surface area (Å²) < 4.78 is 1.11. The number of benzene rings is 1. The molecule has 0 bridgehead atoms. The number of nitrogens with one attached hydrogen (secondary N) is 1. The SMILES string of the molecule is NCC1(Nc2ccccc2Br)CCN(C2CC2)C1. The third kappa shape index (κ3) is 2.42. The Kier molecular flexibility index (Phi) is 3.34. The molecule has 1 saturated carbocycles. The lowest BCUT2D eigenvalue weighted by molar-refractivity contribution is 0.309. The molecule has 1 unspecified atom stereocenters. The Balaban J connectivity index is 1.74. The van der Waals surface area contributed by atoms with E-state index in [-0.39, 0.29) is 5.54 Å². The van der Waals surface area contributed by atoms with Crippen molar-refractivity contribution in [1.82, 2.24) is 4.90 Å². The zero-order valence-corrected chi connectivity index (χ0v) is 12.1. The van der Waals surface area contributed by atoms with Crippen LogP contribution in [0.2, 0.25) is 0 Å². The predicted octanol–water partition coefficient (Wildman–Crippen LogP) is 2.43. The monoisotopic (exact) mass is 309 g/mol. The summed E-state index contributed by atoms with van der Waals surface area (Å²) in [6.45, 7) is 2.95. The van der Waals surface area contributed by atoms with Crippen molar-refractivity contribution in [2.24, 2.45) is 5.73 Å². The quantitative estimate of drug-likeness (QED) is 0.897. The van der Waals surface area contributed by atoms with E-state index in [9.17, 15) is 0 Å². The average Bonchev–Trinajstić information content (AvgIpc) is 3.15. The first kappa shape index (κ1) is 12.5. The second kappa shape index (κ2) is 4.83. The molecule has 98 valence electrons. The lowest BCUT2D eigenvalue weighted by Gasteiger charge is -2.31. The molecule has 2 fully saturated rings. The molecule has 3 rings (SSSR count). The van der Waals surface area contributed by atoms with Crippen LogP contribution >= 0.6 is 15.9 Å². The summed E-state index contributed by atoms with van der Waals surface area (Å²) in [6, 6.07) is 9.11. The molecular weight excluding hydrogens is 290 g/mol. The molecule has 3 N–H and O–H groups in total. The molecule has 0 radical (unpaired) electrons. The summed E-state index contributed by atoms with van der Waals surface area (Å²) >= 11 is 3.60. The highest BCUT2D eigenvalue weighted by Crippen LogP contribution is 2.35. The van der Waals surface area contributed by atoms with Gasteiger partial charge in [-0.1, -0.05) is 12.1 Å². The molecule has 1 heterocycles. The number of nitrogens with two attached hydrogens (primary N) is 1. The topological polar surface area (TPSA) is 41.3 Å². The second-order valence-electron chi connectivity index (χ2n) is 5.54. The Bertz CT molecular complexity index is 433. The number of hydrogen-bond donors (Lipinski definition) is 2. The van der Waals surface area contributed by atoms with Crippen LogP contribution < -0.4 is 11.1 Å². The van der Waals surface area contributed by atoms with Crippen molar-refractivity contribution in [3.8, 4) is 0 Å². The van der Waals surface area contributed by atoms with Gasteiger partial charge < -0.3 is 11.1 Å². The molecule has 0 amide bonds. The van der Waals surface area contributed by atoms with Gasteiger partial charge in [-0.2, -0.15) is 0 Å². The fourth-order valence-corrected chi connectivity index (χ4v) is 3.21. The van der Waals surface area contributed by atoms with Gasteiger partial charge in [0.05, 0.1) is 5.54 Å². The van der Waals surface area contributed by atoms with Gasteiger partial charge in [-0.3, -0.25) is 4.90 Å². The molecule has 0 spiro atoms. The van der Waals surface area contributed by atoms with Crippen molar-refractivity contribution in [2.45, 2.75) is 30.8 Å². The number of likely N-dealkylation sites (tertiary alicyclic amines) is 1. The van der Waals surface area contributed by atoms with Crippen molar-refractivity contribution < 1.29 is 0 Å². The summed E-state index contributed by atoms with van der Waals surface area (Å²) in [5, 5.41) is 3.67. The van der Waals surface area contributed by atoms with Gasteiger partial charge in [0.1, 0.15) is 0 Å². The molecule has 3 nitrogen and oxygen atoms in total. The maximum Gasteiger partial charge on any atom is 0.0634 e. The Hall–Kier alpha value is -0.580. The third-order valence-electron chi connectivity index (χ3n) is 4.11. The van der Waals surface area contributed by atoms with Gasteiger partial charge >= 0.3 is 0 Å². The van der Waals surface area contributed by atoms with Crippen LogP contribution in [0, 0.1) is 0 Å². The molecule has 1 aliphatic carbocycles. The fourth-order valence-electron chi connectivity index (χ4n) is 2.82. The Morgan fingerprint density at radius 1 is 1.39 bits per heavy atom. The summed E-state index contributed by atoms with van der Waals surface area (Å²) in [6.07, 6.45) is 3.88. The predicted molar refractivity (Wildman–Crippen MR) is 78.8 cm³/mol. The van der Waals surface area contributed by atoms with Crippen LogP contribution in [0.4, 0.5) is 5.69 Å². The van der Waals surface area contributed by atoms with Crippen LogP contribution in [-0.2, 0) is 0 Å². The molecule has 1 aromatic rings. The lowest BCUT2D eigenvalue weighted by atomic mass is 9.98. The minimum Gasteiger partial charge on any atom is -0.376 e. The van der Waals surface area contributed by atoms with Crippen LogP contribution in [0.15, 0.2) is 28.7 Å². The minimum atomic E-state index is 0.0481. The third-order valence-corrected chi connectivity index (χ3v) is 4.80. The highest BCUT2D eigenvalue weighted by Gasteiger charge is 2.42. The van der Waals surface area contributed by atoms with E-state index in [2.05, 4.69) is 44.3 Å². The summed E-state index contributed by atoms with van der Waals surface area (Å²) in [7, 11) is 0. The van der Waals surface area contributed by atoms with E-state index in [1.165, 1.54) is 19.4 Å². The highest BCUT2D eigenvalue weighted by atomic mass is 79.9. The normalized spacial score (nSPS) is 28.6. The van der Waals surface area contributed by atoms with Gasteiger partial charge in [-0.05, 0) is 47.3 Å². The van der Waals surface area contributed by atoms with E-state index in [0.29, 0.717) is 6.54 Å². The number of para-hydroxylation sites is 1. The first-order chi connectivity index (χ1) is 8.72. The Morgan fingerprint density at radius 2 is 2.17 bits per heavy atom. The molecular formula is C14H20BrN3. The van der Waals surface area contributed by atoms with Crippen molar-refractivity contribution in [2.75, 3.05) is 25.0 Å². The van der Waals surface area contributed by atoms with Crippen molar-refractivity contribution >= 4 is 21.6 Å². The molecule has 1 aromatic carbocycles. The Morgan fingerprint density at radius 3 is 2.83 bits per heavy atom. The maximum absolute atomic E-state index is 6.05. The van der Waals surface area contributed by atoms with Crippen molar-refractivity contribution in [3.63, 3.8) is 0 Å². The maximum atomic E-state index is 6.05. The summed E-state index contributed by atoms with van der Waals surface area (Å²) in [5.41, 5.74) is 7.25. The van der Waals surface area contributed by atoms with E-state index < -0.39 is 0 Å². The molecule has 2 aliphatic rings. The van der Waals surface area contributed by atoms with Gasteiger partial charge in [0.2, 0.25) is 0 Å². The zero-order chi connectivity index (χ0) is 12.6. The molecule has 1 saturated heterocycles. The van der Waals surface area contributed by atoms with Crippen LogP contribution in [0.5, 0.6) is 0 Å². The molecule has 1 aliphatic heterocycles. The highest BCUT2D eigenvalue weighted by molar-refractivity contribution is 9.10. The van der Waals surface area contributed by atoms with E-state index in [1.807, 2.05) is 6.07 Å². The van der Waals surface area contributed by atoms with Crippen LogP contribution in [0.25, 0.3) is 0 Å². The van der Waals surface area contributed by atoms with Gasteiger partial charge in [0, 0.05) is 35.8 Å². The minimum absolute atomic E-state index is 0.0481. The number of halogens is 1. The zero-order valence-electron chi connectivity index (χ0n) is 10.5. The van der Waals surface area contributed by atoms with Crippen LogP contribution in [0.1, 0.15) is 19.3 Å². The number of rotatable bonds is 4. The smallest absolute Gasteiger partial charge is 0.0634 e. The van der Waals surface area contributed by atoms with E-state index >= 15 is 0 Å². The van der Waals surface area contributed by atoms with Gasteiger partial charge in [-0.15, -0.1) is 0 Å². The number of nitrogens with zero attached hydrogens (tertiary/aromatic N) is 1. The largest absolute Gasteiger partial charge is 0.376 e. The second-order valence-corrected chi connectivity index (χ2v) is 6.40. The van der Waals surface area contributed by atoms with Gasteiger partial charge in [-0.25, -0.2) is 0 Å². The van der Waals surface area contributed by atoms with E-state index in [0.717, 1.165) is 29.2 Å². The van der Waals surface area contributed by atoms with Crippen LogP contribution in [-0.4, -0.2) is 36.1 Å². The first-order valence-corrected chi connectivity index (χ1v) is 7.49. The Labute approximate surface area is 117 Å². The molecule has 1 atom stereocenters. The number of hydrogen-bond acceptors (Lipinski definition) is 3. The standard InChI is InChI=1S/C14H20BrN3/c15-12-3-1-2-4-13(12)17-14(9-16)7-8-18(10-14)11-5-6-11/h1-4,11,17H,5-10,16H2. The lowest BCUT2D eigenvalue weighted by Crippen LogP contribution is -2.48. The van der Waals surface area contributed by atoms with E-state index in [1.54, 1.807) is 0 Å². The van der Waals surface area contributed by atoms with Gasteiger partial charge in [0.15, 0.2) is 0 Å². The molecule has 18 heavy (non-hydrogen) atoms. The molecule has 0 aromatic heterocycles. The van der Waals surface area contributed by atoms with Crippen LogP contribution in [0.3, 0.4) is 0 Å². The van der Waals surface area contributed by atoms with Gasteiger partial charge in [0.25, 0.3) is 0 Å². The molecule has 4 heteroatoms. The average molecular weight is 310 g/mol. The first-order valence-electron chi connectivity index (χ1n) is 6.69. The summed E-state index contributed by atoms with van der Waals surface area (Å²) in [5.74, 6) is 0. The van der Waals surface area contributed by atoms with Crippen molar-refractivity contribution in [3.05, 3.63) is 28.7 Å². The van der Waals surface area contributed by atoms with E-state index in [4.69, 9.17) is 5.73 Å². The number of anilines is 1.